The van der Waals surface area contributed by atoms with Crippen molar-refractivity contribution in [1.82, 2.24) is 10.6 Å². The highest BCUT2D eigenvalue weighted by Gasteiger charge is 2.27. The van der Waals surface area contributed by atoms with Gasteiger partial charge in [0, 0.05) is 37.8 Å². The van der Waals surface area contributed by atoms with Gasteiger partial charge in [0.25, 0.3) is 0 Å². The Morgan fingerprint density at radius 1 is 1.16 bits per heavy atom. The summed E-state index contributed by atoms with van der Waals surface area (Å²) in [5, 5.41) is 6.79. The molecule has 0 aromatic heterocycles. The molecule has 170 valence electrons. The molecule has 0 bridgehead atoms. The highest BCUT2D eigenvalue weighted by Crippen LogP contribution is 2.28. The lowest BCUT2D eigenvalue weighted by Crippen LogP contribution is -2.45. The van der Waals surface area contributed by atoms with Crippen LogP contribution in [0.1, 0.15) is 57.9 Å². The summed E-state index contributed by atoms with van der Waals surface area (Å²) >= 11 is 0. The second-order valence-electron chi connectivity index (χ2n) is 8.23. The molecule has 7 nitrogen and oxygen atoms in total. The Balaban J connectivity index is 1.42. The van der Waals surface area contributed by atoms with Crippen molar-refractivity contribution in [3.05, 3.63) is 29.8 Å². The average molecular weight is 429 g/mol. The van der Waals surface area contributed by atoms with Crippen molar-refractivity contribution in [1.29, 1.82) is 0 Å². The summed E-state index contributed by atoms with van der Waals surface area (Å²) < 4.78 is 5.15. The molecule has 1 aliphatic heterocycles. The lowest BCUT2D eigenvalue weighted by molar-refractivity contribution is -0.149. The van der Waals surface area contributed by atoms with Crippen LogP contribution in [0.25, 0.3) is 0 Å². The number of nitrogens with one attached hydrogen (secondary N) is 2. The number of anilines is 1. The molecule has 1 aromatic carbocycles. The molecule has 3 rings (SSSR count). The van der Waals surface area contributed by atoms with E-state index < -0.39 is 0 Å². The van der Waals surface area contributed by atoms with E-state index in [4.69, 9.17) is 4.74 Å². The van der Waals surface area contributed by atoms with Gasteiger partial charge in [-0.05, 0) is 64.0 Å². The van der Waals surface area contributed by atoms with Gasteiger partial charge in [0.15, 0.2) is 5.96 Å². The van der Waals surface area contributed by atoms with Crippen molar-refractivity contribution in [3.63, 3.8) is 0 Å². The lowest BCUT2D eigenvalue weighted by Gasteiger charge is -2.29. The van der Waals surface area contributed by atoms with Crippen LogP contribution in [0, 0.1) is 5.92 Å². The zero-order chi connectivity index (χ0) is 22.1. The minimum Gasteiger partial charge on any atom is -0.466 e. The smallest absolute Gasteiger partial charge is 0.308 e. The fourth-order valence-electron chi connectivity index (χ4n) is 4.40. The number of carbonyl (C=O) groups is 2. The number of para-hydroxylation sites is 1. The Morgan fingerprint density at radius 2 is 1.94 bits per heavy atom. The molecule has 1 fully saturated rings. The Morgan fingerprint density at radius 3 is 2.68 bits per heavy atom. The molecule has 0 radical (unpaired) electrons. The van der Waals surface area contributed by atoms with Gasteiger partial charge in [0.2, 0.25) is 5.91 Å². The zero-order valence-electron chi connectivity index (χ0n) is 18.9. The predicted octanol–water partition coefficient (Wildman–Crippen LogP) is 3.03. The molecule has 0 spiro atoms. The number of ether oxygens (including phenoxy) is 1. The molecule has 1 amide bonds. The largest absolute Gasteiger partial charge is 0.466 e. The van der Waals surface area contributed by atoms with Crippen LogP contribution < -0.4 is 15.5 Å². The van der Waals surface area contributed by atoms with Crippen molar-refractivity contribution in [3.8, 4) is 0 Å². The highest BCUT2D eigenvalue weighted by molar-refractivity contribution is 5.95. The number of nitrogens with zero attached hydrogens (tertiary/aromatic N) is 2. The molecule has 1 saturated carbocycles. The molecule has 1 heterocycles. The molecule has 0 saturated heterocycles. The fourth-order valence-corrected chi connectivity index (χ4v) is 4.40. The third-order valence-electron chi connectivity index (χ3n) is 6.04. The summed E-state index contributed by atoms with van der Waals surface area (Å²) in [6, 6.07) is 8.46. The number of rotatable bonds is 8. The minimum atomic E-state index is -0.0631. The number of hydrogen-bond acceptors (Lipinski definition) is 4. The number of aliphatic imine (C=N–C) groups is 1. The number of amides is 1. The van der Waals surface area contributed by atoms with E-state index in [-0.39, 0.29) is 17.8 Å². The Hall–Kier alpha value is -2.57. The van der Waals surface area contributed by atoms with Gasteiger partial charge in [-0.1, -0.05) is 18.2 Å². The van der Waals surface area contributed by atoms with Gasteiger partial charge in [-0.2, -0.15) is 0 Å². The first-order valence-corrected chi connectivity index (χ1v) is 11.7. The van der Waals surface area contributed by atoms with Crippen molar-refractivity contribution in [2.45, 2.75) is 64.8 Å². The van der Waals surface area contributed by atoms with Crippen molar-refractivity contribution in [2.24, 2.45) is 10.9 Å². The van der Waals surface area contributed by atoms with E-state index in [9.17, 15) is 9.59 Å². The number of fused-ring (bicyclic) bond motifs is 1. The van der Waals surface area contributed by atoms with Crippen LogP contribution in [-0.4, -0.2) is 50.1 Å². The maximum atomic E-state index is 12.6. The summed E-state index contributed by atoms with van der Waals surface area (Å²) in [4.78, 5) is 31.1. The molecule has 0 atom stereocenters. The average Bonchev–Trinajstić information content (AvgIpc) is 3.21. The van der Waals surface area contributed by atoms with Crippen LogP contribution >= 0.6 is 0 Å². The second-order valence-corrected chi connectivity index (χ2v) is 8.23. The highest BCUT2D eigenvalue weighted by atomic mass is 16.5. The molecule has 2 N–H and O–H groups in total. The van der Waals surface area contributed by atoms with Crippen molar-refractivity contribution >= 4 is 23.5 Å². The van der Waals surface area contributed by atoms with Crippen LogP contribution in [0.15, 0.2) is 29.3 Å². The maximum absolute atomic E-state index is 12.6. The first kappa shape index (κ1) is 23.1. The number of esters is 1. The molecule has 0 unspecified atom stereocenters. The van der Waals surface area contributed by atoms with E-state index in [0.29, 0.717) is 25.6 Å². The zero-order valence-corrected chi connectivity index (χ0v) is 18.9. The Kier molecular flexibility index (Phi) is 8.74. The number of carbonyl (C=O) groups excluding carboxylic acids is 2. The van der Waals surface area contributed by atoms with E-state index in [1.54, 1.807) is 0 Å². The summed E-state index contributed by atoms with van der Waals surface area (Å²) in [5.74, 6) is 0.933. The standard InChI is InChI=1S/C24H36N4O3/c1-3-25-24(27-20-13-11-19(12-14-20)23(30)31-4-2)26-16-7-10-22(29)28-17-15-18-8-5-6-9-21(18)28/h5-6,8-9,19-20H,3-4,7,10-17H2,1-2H3,(H2,25,26,27). The van der Waals surface area contributed by atoms with Crippen LogP contribution in [-0.2, 0) is 20.7 Å². The van der Waals surface area contributed by atoms with E-state index in [1.807, 2.05) is 36.9 Å². The predicted molar refractivity (Wildman–Crippen MR) is 123 cm³/mol. The maximum Gasteiger partial charge on any atom is 0.308 e. The van der Waals surface area contributed by atoms with Crippen LogP contribution in [0.3, 0.4) is 0 Å². The van der Waals surface area contributed by atoms with Gasteiger partial charge >= 0.3 is 5.97 Å². The Labute approximate surface area is 185 Å². The lowest BCUT2D eigenvalue weighted by atomic mass is 9.86. The Bertz CT molecular complexity index is 772. The molecule has 1 aliphatic carbocycles. The van der Waals surface area contributed by atoms with Gasteiger partial charge in [-0.15, -0.1) is 0 Å². The third-order valence-corrected chi connectivity index (χ3v) is 6.04. The SMILES string of the molecule is CCNC(=NCCCC(=O)N1CCc2ccccc21)NC1CCC(C(=O)OCC)CC1. The number of hydrogen-bond donors (Lipinski definition) is 2. The molecule has 7 heteroatoms. The van der Waals surface area contributed by atoms with Crippen molar-refractivity contribution < 1.29 is 14.3 Å². The first-order chi connectivity index (χ1) is 15.1. The van der Waals surface area contributed by atoms with E-state index in [1.165, 1.54) is 5.56 Å². The van der Waals surface area contributed by atoms with Gasteiger partial charge in [0.1, 0.15) is 0 Å². The molecular formula is C24H36N4O3. The monoisotopic (exact) mass is 428 g/mol. The van der Waals surface area contributed by atoms with Crippen LogP contribution in [0.4, 0.5) is 5.69 Å². The summed E-state index contributed by atoms with van der Waals surface area (Å²) in [5.41, 5.74) is 2.31. The molecule has 2 aliphatic rings. The quantitative estimate of drug-likeness (QED) is 0.288. The van der Waals surface area contributed by atoms with Gasteiger partial charge in [-0.3, -0.25) is 14.6 Å². The first-order valence-electron chi connectivity index (χ1n) is 11.7. The minimum absolute atomic E-state index is 0.0271. The summed E-state index contributed by atoms with van der Waals surface area (Å²) in [7, 11) is 0. The van der Waals surface area contributed by atoms with Gasteiger partial charge in [0.05, 0.1) is 12.5 Å². The third kappa shape index (κ3) is 6.45. The van der Waals surface area contributed by atoms with Crippen molar-refractivity contribution in [2.75, 3.05) is 31.1 Å². The summed E-state index contributed by atoms with van der Waals surface area (Å²) in [6.45, 7) is 6.51. The molecule has 1 aromatic rings. The van der Waals surface area contributed by atoms with E-state index >= 15 is 0 Å². The van der Waals surface area contributed by atoms with Crippen LogP contribution in [0.2, 0.25) is 0 Å². The van der Waals surface area contributed by atoms with Gasteiger partial charge < -0.3 is 20.3 Å². The van der Waals surface area contributed by atoms with E-state index in [0.717, 1.165) is 63.3 Å². The molecular weight excluding hydrogens is 392 g/mol. The number of guanidine groups is 1. The van der Waals surface area contributed by atoms with E-state index in [2.05, 4.69) is 21.7 Å². The second kappa shape index (κ2) is 11.7. The number of benzene rings is 1. The normalized spacial score (nSPS) is 20.8. The topological polar surface area (TPSA) is 83.0 Å². The summed E-state index contributed by atoms with van der Waals surface area (Å²) in [6.07, 6.45) is 5.73. The molecule has 31 heavy (non-hydrogen) atoms. The fraction of sp³-hybridized carbons (Fsp3) is 0.625. The van der Waals surface area contributed by atoms with Crippen LogP contribution in [0.5, 0.6) is 0 Å². The van der Waals surface area contributed by atoms with Gasteiger partial charge in [-0.25, -0.2) is 0 Å².